The Morgan fingerprint density at radius 1 is 1.23 bits per heavy atom. The minimum Gasteiger partial charge on any atom is -0.399 e. The highest BCUT2D eigenvalue weighted by atomic mass is 16.5. The number of hydrogen-bond donors (Lipinski definition) is 2. The number of nitrogens with two attached hydrogens (primary N) is 1. The highest BCUT2D eigenvalue weighted by molar-refractivity contribution is 5.82. The topological polar surface area (TPSA) is 93.4 Å². The molecule has 0 aliphatic carbocycles. The molecule has 1 aromatic heterocycles. The van der Waals surface area contributed by atoms with Crippen molar-refractivity contribution in [3.05, 3.63) is 54.2 Å². The molecule has 1 saturated heterocycles. The molecule has 3 N–H and O–H groups in total. The van der Waals surface area contributed by atoms with Crippen molar-refractivity contribution in [1.29, 1.82) is 0 Å². The maximum Gasteiger partial charge on any atom is 0.248 e. The predicted octanol–water partition coefficient (Wildman–Crippen LogP) is 2.31. The quantitative estimate of drug-likeness (QED) is 0.702. The molecule has 3 aromatic rings. The normalized spacial score (nSPS) is 14.6. The Morgan fingerprint density at radius 2 is 2.15 bits per heavy atom. The van der Waals surface area contributed by atoms with Crippen LogP contribution in [-0.2, 0) is 16.1 Å². The minimum absolute atomic E-state index is 0.0201. The monoisotopic (exact) mass is 349 g/mol. The molecule has 1 aliphatic heterocycles. The van der Waals surface area contributed by atoms with Crippen LogP contribution in [0.2, 0.25) is 0 Å². The summed E-state index contributed by atoms with van der Waals surface area (Å²) in [7, 11) is 0. The number of hydrogen-bond acceptors (Lipinski definition) is 6. The number of rotatable bonds is 4. The lowest BCUT2D eigenvalue weighted by molar-refractivity contribution is -0.143. The van der Waals surface area contributed by atoms with E-state index < -0.39 is 0 Å². The predicted molar refractivity (Wildman–Crippen MR) is 99.9 cm³/mol. The van der Waals surface area contributed by atoms with Crippen molar-refractivity contribution in [2.45, 2.75) is 6.54 Å². The first kappa shape index (κ1) is 16.3. The second-order valence-corrected chi connectivity index (χ2v) is 6.21. The van der Waals surface area contributed by atoms with E-state index in [1.807, 2.05) is 42.5 Å². The second kappa shape index (κ2) is 6.97. The highest BCUT2D eigenvalue weighted by Gasteiger charge is 2.18. The average molecular weight is 349 g/mol. The van der Waals surface area contributed by atoms with E-state index in [1.165, 1.54) is 0 Å². The number of fused-ring (bicyclic) bond motifs is 1. The Hall–Kier alpha value is -3.19. The maximum absolute atomic E-state index is 11.9. The van der Waals surface area contributed by atoms with Gasteiger partial charge in [0, 0.05) is 36.0 Å². The number of carbonyl (C=O) groups is 1. The lowest BCUT2D eigenvalue weighted by atomic mass is 10.2. The van der Waals surface area contributed by atoms with E-state index in [-0.39, 0.29) is 12.5 Å². The third-order valence-corrected chi connectivity index (χ3v) is 4.24. The van der Waals surface area contributed by atoms with Gasteiger partial charge in [-0.05, 0) is 35.9 Å². The number of morpholine rings is 1. The fraction of sp³-hybridized carbons (Fsp3) is 0.211. The summed E-state index contributed by atoms with van der Waals surface area (Å²) in [6.45, 7) is 1.93. The summed E-state index contributed by atoms with van der Waals surface area (Å²) in [5.41, 5.74) is 9.21. The van der Waals surface area contributed by atoms with Gasteiger partial charge in [0.1, 0.15) is 6.61 Å². The first-order valence-electron chi connectivity index (χ1n) is 8.41. The summed E-state index contributed by atoms with van der Waals surface area (Å²) in [5.74, 6) is 0.536. The molecular weight excluding hydrogens is 330 g/mol. The Kier molecular flexibility index (Phi) is 4.37. The molecule has 0 spiro atoms. The molecule has 0 atom stereocenters. The molecule has 2 aromatic carbocycles. The van der Waals surface area contributed by atoms with E-state index in [1.54, 1.807) is 11.1 Å². The van der Waals surface area contributed by atoms with Crippen LogP contribution in [0.5, 0.6) is 0 Å². The van der Waals surface area contributed by atoms with Crippen LogP contribution >= 0.6 is 0 Å². The highest BCUT2D eigenvalue weighted by Crippen LogP contribution is 2.20. The van der Waals surface area contributed by atoms with Gasteiger partial charge in [0.15, 0.2) is 0 Å². The molecule has 132 valence electrons. The molecule has 4 rings (SSSR count). The number of ether oxygens (including phenoxy) is 1. The summed E-state index contributed by atoms with van der Waals surface area (Å²) < 4.78 is 5.17. The van der Waals surface area contributed by atoms with Crippen LogP contribution in [0.15, 0.2) is 48.7 Å². The third kappa shape index (κ3) is 3.57. The van der Waals surface area contributed by atoms with Gasteiger partial charge in [-0.15, -0.1) is 0 Å². The molecule has 2 heterocycles. The first-order chi connectivity index (χ1) is 12.7. The number of nitrogen functional groups attached to an aromatic ring is 1. The van der Waals surface area contributed by atoms with Gasteiger partial charge in [-0.3, -0.25) is 4.79 Å². The Labute approximate surface area is 150 Å². The molecule has 7 heteroatoms. The molecule has 26 heavy (non-hydrogen) atoms. The second-order valence-electron chi connectivity index (χ2n) is 6.21. The lowest BCUT2D eigenvalue weighted by Crippen LogP contribution is -2.40. The van der Waals surface area contributed by atoms with Crippen LogP contribution < -0.4 is 11.1 Å². The van der Waals surface area contributed by atoms with Gasteiger partial charge in [-0.25, -0.2) is 9.97 Å². The summed E-state index contributed by atoms with van der Waals surface area (Å²) >= 11 is 0. The largest absolute Gasteiger partial charge is 0.399 e. The SMILES string of the molecule is Nc1ccc2nc(Nc3cccc(CN4CCOCC4=O)c3)ncc2c1. The maximum atomic E-state index is 11.9. The van der Waals surface area contributed by atoms with Crippen molar-refractivity contribution >= 4 is 34.1 Å². The van der Waals surface area contributed by atoms with Crippen LogP contribution in [0.3, 0.4) is 0 Å². The Morgan fingerprint density at radius 3 is 3.04 bits per heavy atom. The fourth-order valence-electron chi connectivity index (χ4n) is 2.93. The van der Waals surface area contributed by atoms with E-state index >= 15 is 0 Å². The van der Waals surface area contributed by atoms with Crippen molar-refractivity contribution in [1.82, 2.24) is 14.9 Å². The Bertz CT molecular complexity index is 960. The van der Waals surface area contributed by atoms with Gasteiger partial charge in [0.25, 0.3) is 0 Å². The summed E-state index contributed by atoms with van der Waals surface area (Å²) in [4.78, 5) is 22.5. The smallest absolute Gasteiger partial charge is 0.248 e. The van der Waals surface area contributed by atoms with E-state index in [0.717, 1.165) is 22.2 Å². The van der Waals surface area contributed by atoms with Crippen molar-refractivity contribution in [2.24, 2.45) is 0 Å². The number of anilines is 3. The van der Waals surface area contributed by atoms with E-state index in [2.05, 4.69) is 15.3 Å². The fourth-order valence-corrected chi connectivity index (χ4v) is 2.93. The minimum atomic E-state index is 0.0201. The van der Waals surface area contributed by atoms with Gasteiger partial charge < -0.3 is 20.7 Å². The number of nitrogens with one attached hydrogen (secondary N) is 1. The number of amides is 1. The molecular formula is C19H19N5O2. The Balaban J connectivity index is 1.51. The number of benzene rings is 2. The molecule has 7 nitrogen and oxygen atoms in total. The van der Waals surface area contributed by atoms with Crippen LogP contribution in [0.1, 0.15) is 5.56 Å². The molecule has 1 amide bonds. The van der Waals surface area contributed by atoms with E-state index in [4.69, 9.17) is 10.5 Å². The van der Waals surface area contributed by atoms with Gasteiger partial charge in [0.05, 0.1) is 12.1 Å². The summed E-state index contributed by atoms with van der Waals surface area (Å²) in [5, 5.41) is 4.12. The third-order valence-electron chi connectivity index (χ3n) is 4.24. The molecule has 1 aliphatic rings. The zero-order valence-corrected chi connectivity index (χ0v) is 14.2. The van der Waals surface area contributed by atoms with Gasteiger partial charge in [0.2, 0.25) is 11.9 Å². The number of nitrogens with zero attached hydrogens (tertiary/aromatic N) is 3. The summed E-state index contributed by atoms with van der Waals surface area (Å²) in [6.07, 6.45) is 1.75. The van der Waals surface area contributed by atoms with Gasteiger partial charge >= 0.3 is 0 Å². The van der Waals surface area contributed by atoms with Crippen molar-refractivity contribution in [2.75, 3.05) is 30.8 Å². The molecule has 0 unspecified atom stereocenters. The van der Waals surface area contributed by atoms with Crippen molar-refractivity contribution in [3.8, 4) is 0 Å². The van der Waals surface area contributed by atoms with Gasteiger partial charge in [-0.1, -0.05) is 12.1 Å². The number of aromatic nitrogens is 2. The van der Waals surface area contributed by atoms with Crippen molar-refractivity contribution in [3.63, 3.8) is 0 Å². The van der Waals surface area contributed by atoms with Crippen LogP contribution in [0.4, 0.5) is 17.3 Å². The van der Waals surface area contributed by atoms with Crippen molar-refractivity contribution < 1.29 is 9.53 Å². The summed E-state index contributed by atoms with van der Waals surface area (Å²) in [6, 6.07) is 13.4. The van der Waals surface area contributed by atoms with Crippen LogP contribution in [0.25, 0.3) is 10.9 Å². The van der Waals surface area contributed by atoms with Gasteiger partial charge in [-0.2, -0.15) is 0 Å². The lowest BCUT2D eigenvalue weighted by Gasteiger charge is -2.26. The van der Waals surface area contributed by atoms with Crippen LogP contribution in [-0.4, -0.2) is 40.5 Å². The number of carbonyl (C=O) groups excluding carboxylic acids is 1. The first-order valence-corrected chi connectivity index (χ1v) is 8.41. The average Bonchev–Trinajstić information content (AvgIpc) is 2.64. The molecule has 0 radical (unpaired) electrons. The zero-order chi connectivity index (χ0) is 17.9. The van der Waals surface area contributed by atoms with E-state index in [0.29, 0.717) is 31.3 Å². The van der Waals surface area contributed by atoms with Crippen LogP contribution in [0, 0.1) is 0 Å². The zero-order valence-electron chi connectivity index (χ0n) is 14.2. The standard InChI is InChI=1S/C19H19N5O2/c20-15-4-5-17-14(9-15)10-21-19(23-17)22-16-3-1-2-13(8-16)11-24-6-7-26-12-18(24)25/h1-5,8-10H,6-7,11-12,20H2,(H,21,22,23). The molecule has 0 bridgehead atoms. The molecule has 1 fully saturated rings. The molecule has 0 saturated carbocycles. The van der Waals surface area contributed by atoms with E-state index in [9.17, 15) is 4.79 Å².